The first kappa shape index (κ1) is 25.9. The minimum absolute atomic E-state index is 0.0506. The predicted molar refractivity (Wildman–Crippen MR) is 122 cm³/mol. The summed E-state index contributed by atoms with van der Waals surface area (Å²) in [6, 6.07) is -0.237. The van der Waals surface area contributed by atoms with Crippen LogP contribution in [0.3, 0.4) is 0 Å². The molecule has 0 radical (unpaired) electrons. The summed E-state index contributed by atoms with van der Waals surface area (Å²) in [5, 5.41) is 3.07. The maximum atomic E-state index is 12.6. The lowest BCUT2D eigenvalue weighted by atomic mass is 10.1. The third-order valence-electron chi connectivity index (χ3n) is 6.21. The molecule has 29 heavy (non-hydrogen) atoms. The second-order valence-electron chi connectivity index (χ2n) is 8.50. The maximum absolute atomic E-state index is 12.6. The molecule has 5 heteroatoms. The standard InChI is InChI=1S/C24H47N3O2/c1-4-7-8-9-10-11-12-13-18-23(28)27-21-16-17-22(27)24(29)25-19-14-15-20-26(5-2)6-3/h22H,4-21H2,1-3H3,(H,25,29)/t22-/m1/s1. The van der Waals surface area contributed by atoms with E-state index in [1.165, 1.54) is 38.5 Å². The van der Waals surface area contributed by atoms with Crippen LogP contribution in [0.2, 0.25) is 0 Å². The summed E-state index contributed by atoms with van der Waals surface area (Å²) in [5.74, 6) is 0.227. The lowest BCUT2D eigenvalue weighted by Crippen LogP contribution is -2.46. The van der Waals surface area contributed by atoms with Crippen LogP contribution >= 0.6 is 0 Å². The highest BCUT2D eigenvalue weighted by atomic mass is 16.2. The first-order valence-electron chi connectivity index (χ1n) is 12.4. The van der Waals surface area contributed by atoms with Crippen LogP contribution in [0.5, 0.6) is 0 Å². The normalized spacial score (nSPS) is 16.6. The molecule has 2 amide bonds. The zero-order valence-electron chi connectivity index (χ0n) is 19.5. The minimum atomic E-state index is -0.237. The zero-order valence-corrected chi connectivity index (χ0v) is 19.5. The molecule has 5 nitrogen and oxygen atoms in total. The molecule has 0 saturated carbocycles. The summed E-state index contributed by atoms with van der Waals surface area (Å²) >= 11 is 0. The predicted octanol–water partition coefficient (Wildman–Crippen LogP) is 4.75. The van der Waals surface area contributed by atoms with Gasteiger partial charge < -0.3 is 15.1 Å². The van der Waals surface area contributed by atoms with Crippen molar-refractivity contribution >= 4 is 11.8 Å². The third-order valence-corrected chi connectivity index (χ3v) is 6.21. The molecule has 0 aromatic rings. The number of hydrogen-bond acceptors (Lipinski definition) is 3. The lowest BCUT2D eigenvalue weighted by molar-refractivity contribution is -0.138. The summed E-state index contributed by atoms with van der Waals surface area (Å²) in [6.07, 6.45) is 14.4. The van der Waals surface area contributed by atoms with E-state index in [2.05, 4.69) is 31.0 Å². The zero-order chi connectivity index (χ0) is 21.3. The summed E-state index contributed by atoms with van der Waals surface area (Å²) in [6.45, 7) is 11.3. The Kier molecular flexibility index (Phi) is 14.9. The Bertz CT molecular complexity index is 438. The first-order chi connectivity index (χ1) is 14.1. The molecule has 1 atom stereocenters. The number of hydrogen-bond donors (Lipinski definition) is 1. The summed E-state index contributed by atoms with van der Waals surface area (Å²) in [5.41, 5.74) is 0. The van der Waals surface area contributed by atoms with Crippen molar-refractivity contribution in [2.24, 2.45) is 0 Å². The fourth-order valence-electron chi connectivity index (χ4n) is 4.22. The van der Waals surface area contributed by atoms with Gasteiger partial charge in [-0.05, 0) is 51.7 Å². The van der Waals surface area contributed by atoms with Gasteiger partial charge in [0.1, 0.15) is 6.04 Å². The van der Waals surface area contributed by atoms with Crippen molar-refractivity contribution < 1.29 is 9.59 Å². The highest BCUT2D eigenvalue weighted by molar-refractivity contribution is 5.88. The molecule has 1 saturated heterocycles. The number of likely N-dealkylation sites (tertiary alicyclic amines) is 1. The molecule has 0 spiro atoms. The average molecular weight is 410 g/mol. The number of nitrogens with zero attached hydrogens (tertiary/aromatic N) is 2. The minimum Gasteiger partial charge on any atom is -0.354 e. The van der Waals surface area contributed by atoms with Crippen molar-refractivity contribution in [1.82, 2.24) is 15.1 Å². The number of carbonyl (C=O) groups is 2. The Morgan fingerprint density at radius 3 is 2.21 bits per heavy atom. The van der Waals surface area contributed by atoms with Crippen LogP contribution in [0.15, 0.2) is 0 Å². The smallest absolute Gasteiger partial charge is 0.242 e. The van der Waals surface area contributed by atoms with Crippen LogP contribution in [0.1, 0.15) is 104 Å². The van der Waals surface area contributed by atoms with Crippen molar-refractivity contribution in [1.29, 1.82) is 0 Å². The van der Waals surface area contributed by atoms with Crippen LogP contribution in [-0.2, 0) is 9.59 Å². The highest BCUT2D eigenvalue weighted by Gasteiger charge is 2.33. The van der Waals surface area contributed by atoms with Gasteiger partial charge >= 0.3 is 0 Å². The second-order valence-corrected chi connectivity index (χ2v) is 8.50. The van der Waals surface area contributed by atoms with E-state index in [1.807, 2.05) is 4.90 Å². The molecule has 0 aromatic heterocycles. The van der Waals surface area contributed by atoms with Crippen molar-refractivity contribution in [3.63, 3.8) is 0 Å². The molecule has 1 N–H and O–H groups in total. The Balaban J connectivity index is 2.17. The van der Waals surface area contributed by atoms with Gasteiger partial charge in [-0.3, -0.25) is 9.59 Å². The van der Waals surface area contributed by atoms with Gasteiger partial charge in [-0.25, -0.2) is 0 Å². The van der Waals surface area contributed by atoms with Crippen molar-refractivity contribution in [2.75, 3.05) is 32.7 Å². The van der Waals surface area contributed by atoms with Gasteiger partial charge in [0.2, 0.25) is 11.8 Å². The summed E-state index contributed by atoms with van der Waals surface area (Å²) in [7, 11) is 0. The molecule has 0 bridgehead atoms. The fourth-order valence-corrected chi connectivity index (χ4v) is 4.22. The third kappa shape index (κ3) is 11.0. The molecule has 170 valence electrons. The molecule has 0 unspecified atom stereocenters. The van der Waals surface area contributed by atoms with E-state index in [0.717, 1.165) is 71.2 Å². The molecular weight excluding hydrogens is 362 g/mol. The van der Waals surface area contributed by atoms with E-state index in [4.69, 9.17) is 0 Å². The van der Waals surface area contributed by atoms with Crippen molar-refractivity contribution in [2.45, 2.75) is 110 Å². The number of carbonyl (C=O) groups excluding carboxylic acids is 2. The van der Waals surface area contributed by atoms with E-state index in [1.54, 1.807) is 0 Å². The summed E-state index contributed by atoms with van der Waals surface area (Å²) in [4.78, 5) is 29.4. The SMILES string of the molecule is CCCCCCCCCCC(=O)N1CCC[C@@H]1C(=O)NCCCCN(CC)CC. The maximum Gasteiger partial charge on any atom is 0.242 e. The first-order valence-corrected chi connectivity index (χ1v) is 12.4. The van der Waals surface area contributed by atoms with Crippen LogP contribution < -0.4 is 5.32 Å². The Morgan fingerprint density at radius 1 is 0.897 bits per heavy atom. The number of amides is 2. The molecule has 1 heterocycles. The van der Waals surface area contributed by atoms with Crippen molar-refractivity contribution in [3.8, 4) is 0 Å². The largest absolute Gasteiger partial charge is 0.354 e. The van der Waals surface area contributed by atoms with E-state index in [9.17, 15) is 9.59 Å². The van der Waals surface area contributed by atoms with Gasteiger partial charge in [-0.15, -0.1) is 0 Å². The van der Waals surface area contributed by atoms with Crippen LogP contribution in [0.25, 0.3) is 0 Å². The topological polar surface area (TPSA) is 52.7 Å². The highest BCUT2D eigenvalue weighted by Crippen LogP contribution is 2.20. The second kappa shape index (κ2) is 16.7. The molecule has 0 aliphatic carbocycles. The van der Waals surface area contributed by atoms with E-state index >= 15 is 0 Å². The van der Waals surface area contributed by atoms with Crippen LogP contribution in [0.4, 0.5) is 0 Å². The van der Waals surface area contributed by atoms with Gasteiger partial charge in [-0.2, -0.15) is 0 Å². The Labute approximate surface area is 180 Å². The molecule has 1 aliphatic rings. The molecule has 1 aliphatic heterocycles. The van der Waals surface area contributed by atoms with Gasteiger partial charge in [0.25, 0.3) is 0 Å². The quantitative estimate of drug-likeness (QED) is 0.353. The number of unbranched alkanes of at least 4 members (excludes halogenated alkanes) is 8. The van der Waals surface area contributed by atoms with Gasteiger partial charge in [0, 0.05) is 19.5 Å². The van der Waals surface area contributed by atoms with Crippen LogP contribution in [-0.4, -0.2) is 60.4 Å². The molecule has 0 aromatic carbocycles. The van der Waals surface area contributed by atoms with E-state index in [0.29, 0.717) is 6.42 Å². The van der Waals surface area contributed by atoms with Gasteiger partial charge in [-0.1, -0.05) is 65.7 Å². The fraction of sp³-hybridized carbons (Fsp3) is 0.917. The number of nitrogens with one attached hydrogen (secondary N) is 1. The monoisotopic (exact) mass is 409 g/mol. The molecule has 1 rings (SSSR count). The van der Waals surface area contributed by atoms with E-state index in [-0.39, 0.29) is 17.9 Å². The van der Waals surface area contributed by atoms with E-state index < -0.39 is 0 Å². The van der Waals surface area contributed by atoms with Gasteiger partial charge in [0.05, 0.1) is 0 Å². The van der Waals surface area contributed by atoms with Gasteiger partial charge in [0.15, 0.2) is 0 Å². The summed E-state index contributed by atoms with van der Waals surface area (Å²) < 4.78 is 0. The number of rotatable bonds is 17. The lowest BCUT2D eigenvalue weighted by Gasteiger charge is -2.24. The average Bonchev–Trinajstić information content (AvgIpc) is 3.22. The van der Waals surface area contributed by atoms with Crippen LogP contribution in [0, 0.1) is 0 Å². The Hall–Kier alpha value is -1.10. The van der Waals surface area contributed by atoms with Crippen molar-refractivity contribution in [3.05, 3.63) is 0 Å². The molecule has 1 fully saturated rings. The molecular formula is C24H47N3O2. The Morgan fingerprint density at radius 2 is 1.55 bits per heavy atom.